The summed E-state index contributed by atoms with van der Waals surface area (Å²) < 4.78 is 27.0. The van der Waals surface area contributed by atoms with Crippen LogP contribution in [0.2, 0.25) is 0 Å². The first-order chi connectivity index (χ1) is 9.32. The maximum absolute atomic E-state index is 12.7. The highest BCUT2D eigenvalue weighted by molar-refractivity contribution is 7.90. The lowest BCUT2D eigenvalue weighted by Crippen LogP contribution is -2.51. The average molecular weight is 342 g/mol. The third-order valence-electron chi connectivity index (χ3n) is 3.72. The summed E-state index contributed by atoms with van der Waals surface area (Å²) >= 11 is 0. The smallest absolute Gasteiger partial charge is 0.241 e. The van der Waals surface area contributed by atoms with Crippen molar-refractivity contribution < 1.29 is 13.2 Å². The molecular formula is C13H28ClN3O3S. The van der Waals surface area contributed by atoms with Crippen molar-refractivity contribution in [1.82, 2.24) is 14.5 Å². The predicted molar refractivity (Wildman–Crippen MR) is 87.2 cm³/mol. The number of nitrogens with one attached hydrogen (secondary N) is 1. The number of hydrogen-bond donors (Lipinski definition) is 1. The van der Waals surface area contributed by atoms with Gasteiger partial charge in [-0.05, 0) is 39.3 Å². The van der Waals surface area contributed by atoms with Gasteiger partial charge in [0.15, 0.2) is 5.25 Å². The van der Waals surface area contributed by atoms with Crippen LogP contribution in [-0.2, 0) is 14.8 Å². The van der Waals surface area contributed by atoms with Crippen molar-refractivity contribution in [1.29, 1.82) is 0 Å². The molecule has 1 N–H and O–H groups in total. The van der Waals surface area contributed by atoms with E-state index in [1.165, 1.54) is 11.8 Å². The third kappa shape index (κ3) is 5.09. The van der Waals surface area contributed by atoms with Gasteiger partial charge in [-0.1, -0.05) is 6.92 Å². The molecule has 1 rings (SSSR count). The zero-order valence-electron chi connectivity index (χ0n) is 13.3. The minimum absolute atomic E-state index is 0. The van der Waals surface area contributed by atoms with Crippen molar-refractivity contribution in [3.63, 3.8) is 0 Å². The molecule has 1 saturated heterocycles. The van der Waals surface area contributed by atoms with Gasteiger partial charge >= 0.3 is 0 Å². The molecule has 0 aromatic carbocycles. The lowest BCUT2D eigenvalue weighted by atomic mass is 10.1. The normalized spacial score (nSPS) is 18.1. The van der Waals surface area contributed by atoms with E-state index in [0.29, 0.717) is 6.54 Å². The van der Waals surface area contributed by atoms with Crippen molar-refractivity contribution in [2.45, 2.75) is 44.4 Å². The first kappa shape index (κ1) is 20.6. The summed E-state index contributed by atoms with van der Waals surface area (Å²) in [5, 5.41) is 2.22. The third-order valence-corrected chi connectivity index (χ3v) is 5.95. The fraction of sp³-hybridized carbons (Fsp3) is 0.923. The van der Waals surface area contributed by atoms with E-state index in [1.807, 2.05) is 6.92 Å². The Bertz CT molecular complexity index is 422. The maximum atomic E-state index is 12.7. The summed E-state index contributed by atoms with van der Waals surface area (Å²) in [6.07, 6.45) is 2.37. The van der Waals surface area contributed by atoms with E-state index in [1.54, 1.807) is 18.4 Å². The number of carbonyl (C=O) groups is 1. The molecule has 126 valence electrons. The van der Waals surface area contributed by atoms with Crippen LogP contribution in [0.15, 0.2) is 0 Å². The van der Waals surface area contributed by atoms with E-state index in [2.05, 4.69) is 5.32 Å². The molecule has 1 aliphatic rings. The second-order valence-corrected chi connectivity index (χ2v) is 7.72. The first-order valence-electron chi connectivity index (χ1n) is 7.24. The Hall–Kier alpha value is -0.370. The molecule has 8 heteroatoms. The van der Waals surface area contributed by atoms with E-state index in [4.69, 9.17) is 0 Å². The Morgan fingerprint density at radius 1 is 1.29 bits per heavy atom. The molecule has 0 aliphatic carbocycles. The topological polar surface area (TPSA) is 69.7 Å². The number of halogens is 1. The lowest BCUT2D eigenvalue weighted by molar-refractivity contribution is -0.128. The fourth-order valence-corrected chi connectivity index (χ4v) is 4.46. The predicted octanol–water partition coefficient (Wildman–Crippen LogP) is 0.679. The van der Waals surface area contributed by atoms with E-state index >= 15 is 0 Å². The van der Waals surface area contributed by atoms with Crippen molar-refractivity contribution in [2.75, 3.05) is 33.7 Å². The van der Waals surface area contributed by atoms with Crippen molar-refractivity contribution in [3.8, 4) is 0 Å². The molecular weight excluding hydrogens is 314 g/mol. The van der Waals surface area contributed by atoms with Crippen molar-refractivity contribution in [2.24, 2.45) is 0 Å². The van der Waals surface area contributed by atoms with Gasteiger partial charge in [-0.2, -0.15) is 4.31 Å². The summed E-state index contributed by atoms with van der Waals surface area (Å²) in [6, 6.07) is 0.0126. The maximum Gasteiger partial charge on any atom is 0.241 e. The van der Waals surface area contributed by atoms with Gasteiger partial charge in [0, 0.05) is 26.7 Å². The van der Waals surface area contributed by atoms with Gasteiger partial charge in [0.25, 0.3) is 0 Å². The van der Waals surface area contributed by atoms with Gasteiger partial charge in [0.1, 0.15) is 0 Å². The van der Waals surface area contributed by atoms with Gasteiger partial charge in [-0.3, -0.25) is 4.79 Å². The Morgan fingerprint density at radius 3 is 2.24 bits per heavy atom. The van der Waals surface area contributed by atoms with Crippen LogP contribution in [0.5, 0.6) is 0 Å². The summed E-state index contributed by atoms with van der Waals surface area (Å²) in [4.78, 5) is 13.3. The van der Waals surface area contributed by atoms with Crippen LogP contribution >= 0.6 is 12.4 Å². The average Bonchev–Trinajstić information content (AvgIpc) is 2.43. The highest BCUT2D eigenvalue weighted by Gasteiger charge is 2.38. The van der Waals surface area contributed by atoms with Crippen LogP contribution < -0.4 is 5.32 Å². The van der Waals surface area contributed by atoms with E-state index < -0.39 is 15.3 Å². The quantitative estimate of drug-likeness (QED) is 0.771. The molecule has 0 radical (unpaired) electrons. The highest BCUT2D eigenvalue weighted by Crippen LogP contribution is 2.20. The van der Waals surface area contributed by atoms with Gasteiger partial charge in [-0.15, -0.1) is 12.4 Å². The monoisotopic (exact) mass is 341 g/mol. The first-order valence-corrected chi connectivity index (χ1v) is 8.75. The summed E-state index contributed by atoms with van der Waals surface area (Å²) in [6.45, 7) is 5.59. The second kappa shape index (κ2) is 8.92. The minimum atomic E-state index is -3.59. The Kier molecular flexibility index (Phi) is 8.77. The molecule has 0 spiro atoms. The van der Waals surface area contributed by atoms with Crippen LogP contribution in [0.1, 0.15) is 33.1 Å². The Morgan fingerprint density at radius 2 is 1.81 bits per heavy atom. The van der Waals surface area contributed by atoms with Gasteiger partial charge in [0.2, 0.25) is 15.9 Å². The van der Waals surface area contributed by atoms with E-state index in [0.717, 1.165) is 32.4 Å². The molecule has 0 bridgehead atoms. The van der Waals surface area contributed by atoms with E-state index in [-0.39, 0.29) is 24.4 Å². The summed E-state index contributed by atoms with van der Waals surface area (Å²) in [5.41, 5.74) is 0. The number of hydrogen-bond acceptors (Lipinski definition) is 4. The summed E-state index contributed by atoms with van der Waals surface area (Å²) in [5.74, 6) is -0.361. The molecule has 1 aliphatic heterocycles. The number of nitrogens with zero attached hydrogens (tertiary/aromatic N) is 2. The molecule has 0 saturated carbocycles. The molecule has 1 fully saturated rings. The van der Waals surface area contributed by atoms with Crippen LogP contribution in [0, 0.1) is 0 Å². The zero-order valence-corrected chi connectivity index (χ0v) is 15.0. The number of piperidine rings is 1. The number of amides is 1. The van der Waals surface area contributed by atoms with E-state index in [9.17, 15) is 13.2 Å². The number of carbonyl (C=O) groups excluding carboxylic acids is 1. The van der Waals surface area contributed by atoms with Crippen molar-refractivity contribution in [3.05, 3.63) is 0 Å². The van der Waals surface area contributed by atoms with Gasteiger partial charge < -0.3 is 10.2 Å². The van der Waals surface area contributed by atoms with Gasteiger partial charge in [-0.25, -0.2) is 8.42 Å². The van der Waals surface area contributed by atoms with Gasteiger partial charge in [0.05, 0.1) is 0 Å². The van der Waals surface area contributed by atoms with Crippen LogP contribution in [0.3, 0.4) is 0 Å². The fourth-order valence-electron chi connectivity index (χ4n) is 2.53. The highest BCUT2D eigenvalue weighted by atomic mass is 35.5. The molecule has 6 nitrogen and oxygen atoms in total. The number of sulfonamides is 1. The molecule has 21 heavy (non-hydrogen) atoms. The standard InChI is InChI=1S/C13H27N3O3S.ClH/c1-5-10-16(12-6-8-14-9-7-12)20(18,19)11(2)13(17)15(3)4;/h11-12,14H,5-10H2,1-4H3;1H. The largest absolute Gasteiger partial charge is 0.348 e. The molecule has 1 amide bonds. The van der Waals surface area contributed by atoms with Crippen LogP contribution in [0.4, 0.5) is 0 Å². The Balaban J connectivity index is 0.00000400. The molecule has 1 atom stereocenters. The Labute approximate surface area is 134 Å². The summed E-state index contributed by atoms with van der Waals surface area (Å²) in [7, 11) is -0.420. The second-order valence-electron chi connectivity index (χ2n) is 5.51. The van der Waals surface area contributed by atoms with Crippen molar-refractivity contribution >= 4 is 28.3 Å². The number of rotatable bonds is 6. The zero-order chi connectivity index (χ0) is 15.3. The SMILES string of the molecule is CCCN(C1CCNCC1)S(=O)(=O)C(C)C(=O)N(C)C.Cl. The molecule has 0 aromatic heterocycles. The lowest BCUT2D eigenvalue weighted by Gasteiger charge is -2.35. The minimum Gasteiger partial charge on any atom is -0.348 e. The molecule has 1 heterocycles. The van der Waals surface area contributed by atoms with Crippen LogP contribution in [-0.4, -0.2) is 68.6 Å². The molecule has 1 unspecified atom stereocenters. The van der Waals surface area contributed by atoms with Crippen LogP contribution in [0.25, 0.3) is 0 Å². The molecule has 0 aromatic rings.